The van der Waals surface area contributed by atoms with Crippen LogP contribution in [0.1, 0.15) is 18.6 Å². The van der Waals surface area contributed by atoms with E-state index in [2.05, 4.69) is 27.1 Å². The Kier molecular flexibility index (Phi) is 4.53. The van der Waals surface area contributed by atoms with E-state index in [0.717, 1.165) is 23.1 Å². The van der Waals surface area contributed by atoms with Gasteiger partial charge in [-0.05, 0) is 24.3 Å². The van der Waals surface area contributed by atoms with Crippen molar-refractivity contribution in [3.63, 3.8) is 0 Å². The molecule has 130 valence electrons. The molecule has 0 aliphatic rings. The van der Waals surface area contributed by atoms with Crippen LogP contribution in [0.25, 0.3) is 16.6 Å². The van der Waals surface area contributed by atoms with E-state index >= 15 is 0 Å². The number of thioether (sulfide) groups is 1. The summed E-state index contributed by atoms with van der Waals surface area (Å²) in [6.45, 7) is 2.06. The third kappa shape index (κ3) is 3.13. The average molecular weight is 363 g/mol. The minimum absolute atomic E-state index is 0.120. The highest BCUT2D eigenvalue weighted by Crippen LogP contribution is 2.24. The van der Waals surface area contributed by atoms with E-state index in [1.165, 1.54) is 11.8 Å². The number of benzene rings is 2. The Bertz CT molecular complexity index is 1100. The number of H-pyrrole nitrogens is 1. The highest BCUT2D eigenvalue weighted by molar-refractivity contribution is 7.98. The number of aromatic nitrogens is 5. The number of aryl methyl sites for hydroxylation is 1. The molecule has 4 rings (SSSR count). The fourth-order valence-corrected chi connectivity index (χ4v) is 3.64. The van der Waals surface area contributed by atoms with Crippen LogP contribution in [0.4, 0.5) is 0 Å². The summed E-state index contributed by atoms with van der Waals surface area (Å²) in [5, 5.41) is 9.99. The minimum atomic E-state index is -0.120. The second-order valence-corrected chi connectivity index (χ2v) is 6.68. The van der Waals surface area contributed by atoms with Gasteiger partial charge in [-0.1, -0.05) is 49.0 Å². The van der Waals surface area contributed by atoms with Crippen molar-refractivity contribution in [2.45, 2.75) is 24.3 Å². The predicted molar refractivity (Wildman–Crippen MR) is 103 cm³/mol. The molecular weight excluding hydrogens is 346 g/mol. The maximum absolute atomic E-state index is 12.2. The lowest BCUT2D eigenvalue weighted by Gasteiger charge is -2.09. The summed E-state index contributed by atoms with van der Waals surface area (Å²) >= 11 is 1.51. The lowest BCUT2D eigenvalue weighted by Crippen LogP contribution is -2.11. The number of para-hydroxylation sites is 2. The van der Waals surface area contributed by atoms with Gasteiger partial charge in [0, 0.05) is 12.1 Å². The first-order valence-electron chi connectivity index (χ1n) is 8.36. The first-order chi connectivity index (χ1) is 12.8. The third-order valence-electron chi connectivity index (χ3n) is 4.03. The Morgan fingerprint density at radius 3 is 2.62 bits per heavy atom. The lowest BCUT2D eigenvalue weighted by atomic mass is 10.2. The zero-order valence-electron chi connectivity index (χ0n) is 14.2. The quantitative estimate of drug-likeness (QED) is 0.550. The number of fused-ring (bicyclic) bond motifs is 1. The minimum Gasteiger partial charge on any atom is -0.309 e. The van der Waals surface area contributed by atoms with Crippen molar-refractivity contribution >= 4 is 22.7 Å². The molecule has 0 saturated heterocycles. The smallest absolute Gasteiger partial charge is 0.258 e. The first-order valence-corrected chi connectivity index (χ1v) is 9.35. The average Bonchev–Trinajstić information content (AvgIpc) is 3.10. The van der Waals surface area contributed by atoms with Gasteiger partial charge >= 0.3 is 0 Å². The third-order valence-corrected chi connectivity index (χ3v) is 4.97. The molecule has 0 bridgehead atoms. The van der Waals surface area contributed by atoms with Crippen molar-refractivity contribution in [1.29, 1.82) is 0 Å². The number of nitrogens with one attached hydrogen (secondary N) is 1. The summed E-state index contributed by atoms with van der Waals surface area (Å²) in [5.41, 5.74) is 1.60. The molecule has 0 spiro atoms. The first kappa shape index (κ1) is 16.5. The van der Waals surface area contributed by atoms with E-state index in [1.54, 1.807) is 6.07 Å². The molecule has 0 amide bonds. The van der Waals surface area contributed by atoms with Gasteiger partial charge in [0.2, 0.25) is 0 Å². The monoisotopic (exact) mass is 363 g/mol. The molecule has 0 aliphatic heterocycles. The van der Waals surface area contributed by atoms with Gasteiger partial charge in [0.05, 0.1) is 16.7 Å². The van der Waals surface area contributed by atoms with Gasteiger partial charge in [0.15, 0.2) is 5.16 Å². The van der Waals surface area contributed by atoms with E-state index in [-0.39, 0.29) is 5.56 Å². The molecule has 0 saturated carbocycles. The molecule has 26 heavy (non-hydrogen) atoms. The molecular formula is C19H17N5OS. The van der Waals surface area contributed by atoms with Crippen molar-refractivity contribution in [2.24, 2.45) is 0 Å². The molecule has 0 atom stereocenters. The van der Waals surface area contributed by atoms with Crippen LogP contribution < -0.4 is 5.56 Å². The molecule has 6 nitrogen and oxygen atoms in total. The van der Waals surface area contributed by atoms with E-state index < -0.39 is 0 Å². The van der Waals surface area contributed by atoms with Gasteiger partial charge in [-0.15, -0.1) is 10.2 Å². The van der Waals surface area contributed by atoms with Crippen LogP contribution in [-0.2, 0) is 12.2 Å². The van der Waals surface area contributed by atoms with E-state index in [1.807, 2.05) is 53.1 Å². The largest absolute Gasteiger partial charge is 0.309 e. The Morgan fingerprint density at radius 1 is 1.04 bits per heavy atom. The summed E-state index contributed by atoms with van der Waals surface area (Å²) in [6.07, 6.45) is 0.785. The molecule has 2 aromatic carbocycles. The van der Waals surface area contributed by atoms with Crippen LogP contribution in [0, 0.1) is 0 Å². The summed E-state index contributed by atoms with van der Waals surface area (Å²) in [5.74, 6) is 2.03. The molecule has 0 radical (unpaired) electrons. The summed E-state index contributed by atoms with van der Waals surface area (Å²) in [6, 6.07) is 17.4. The van der Waals surface area contributed by atoms with Crippen LogP contribution in [-0.4, -0.2) is 24.7 Å². The summed E-state index contributed by atoms with van der Waals surface area (Å²) in [7, 11) is 0. The fraction of sp³-hybridized carbons (Fsp3) is 0.158. The van der Waals surface area contributed by atoms with Gasteiger partial charge in [-0.2, -0.15) is 0 Å². The maximum Gasteiger partial charge on any atom is 0.258 e. The zero-order chi connectivity index (χ0) is 17.9. The van der Waals surface area contributed by atoms with Crippen LogP contribution in [0.3, 0.4) is 0 Å². The SMILES string of the molecule is CCc1nnc(SCc2nc3ccccc3c(=O)[nH]2)n1-c1ccccc1. The molecule has 2 heterocycles. The van der Waals surface area contributed by atoms with Crippen molar-refractivity contribution in [2.75, 3.05) is 0 Å². The Hall–Kier alpha value is -2.93. The summed E-state index contributed by atoms with van der Waals surface area (Å²) < 4.78 is 2.05. The zero-order valence-corrected chi connectivity index (χ0v) is 15.0. The molecule has 7 heteroatoms. The van der Waals surface area contributed by atoms with Gasteiger partial charge < -0.3 is 4.98 Å². The second kappa shape index (κ2) is 7.13. The van der Waals surface area contributed by atoms with Gasteiger partial charge in [-0.25, -0.2) is 4.98 Å². The fourth-order valence-electron chi connectivity index (χ4n) is 2.80. The van der Waals surface area contributed by atoms with Gasteiger partial charge in [0.1, 0.15) is 11.6 Å². The van der Waals surface area contributed by atoms with Crippen LogP contribution >= 0.6 is 11.8 Å². The molecule has 0 aliphatic carbocycles. The number of aromatic amines is 1. The molecule has 2 aromatic heterocycles. The number of rotatable bonds is 5. The van der Waals surface area contributed by atoms with Crippen molar-refractivity contribution < 1.29 is 0 Å². The van der Waals surface area contributed by atoms with E-state index in [9.17, 15) is 4.79 Å². The Balaban J connectivity index is 1.65. The predicted octanol–water partition coefficient (Wildman–Crippen LogP) is 3.36. The number of hydrogen-bond acceptors (Lipinski definition) is 5. The maximum atomic E-state index is 12.2. The van der Waals surface area contributed by atoms with E-state index in [0.29, 0.717) is 22.5 Å². The second-order valence-electron chi connectivity index (χ2n) is 5.74. The molecule has 4 aromatic rings. The normalized spacial score (nSPS) is 11.1. The molecule has 0 unspecified atom stereocenters. The molecule has 1 N–H and O–H groups in total. The number of nitrogens with zero attached hydrogens (tertiary/aromatic N) is 4. The number of hydrogen-bond donors (Lipinski definition) is 1. The summed E-state index contributed by atoms with van der Waals surface area (Å²) in [4.78, 5) is 19.6. The van der Waals surface area contributed by atoms with Crippen LogP contribution in [0.2, 0.25) is 0 Å². The van der Waals surface area contributed by atoms with Gasteiger partial charge in [0.25, 0.3) is 5.56 Å². The van der Waals surface area contributed by atoms with E-state index in [4.69, 9.17) is 0 Å². The van der Waals surface area contributed by atoms with Gasteiger partial charge in [-0.3, -0.25) is 9.36 Å². The Labute approximate surface area is 154 Å². The van der Waals surface area contributed by atoms with Crippen molar-refractivity contribution in [3.05, 3.63) is 76.6 Å². The van der Waals surface area contributed by atoms with Crippen LogP contribution in [0.5, 0.6) is 0 Å². The topological polar surface area (TPSA) is 76.5 Å². The lowest BCUT2D eigenvalue weighted by molar-refractivity contribution is 0.835. The van der Waals surface area contributed by atoms with Crippen LogP contribution in [0.15, 0.2) is 64.5 Å². The highest BCUT2D eigenvalue weighted by Gasteiger charge is 2.14. The van der Waals surface area contributed by atoms with Crippen molar-refractivity contribution in [1.82, 2.24) is 24.7 Å². The standard InChI is InChI=1S/C19H17N5OS/c1-2-17-22-23-19(24(17)13-8-4-3-5-9-13)26-12-16-20-15-11-7-6-10-14(15)18(25)21-16/h3-11H,2,12H2,1H3,(H,20,21,25). The van der Waals surface area contributed by atoms with Crippen molar-refractivity contribution in [3.8, 4) is 5.69 Å². The Morgan fingerprint density at radius 2 is 1.81 bits per heavy atom. The molecule has 0 fully saturated rings. The highest BCUT2D eigenvalue weighted by atomic mass is 32.2.